The number of anilines is 1. The zero-order valence-electron chi connectivity index (χ0n) is 11.3. The normalized spacial score (nSPS) is 10.4. The minimum atomic E-state index is -0.0684. The van der Waals surface area contributed by atoms with Gasteiger partial charge in [0, 0.05) is 4.47 Å². The highest BCUT2D eigenvalue weighted by Gasteiger charge is 2.10. The quantitative estimate of drug-likeness (QED) is 0.836. The SMILES string of the molecule is Cc1cc(C)c(NC(=O)Cc2ccc(Br)cc2)c(Cl)c1. The molecule has 2 rings (SSSR count). The molecule has 2 aromatic carbocycles. The van der Waals surface area contributed by atoms with Gasteiger partial charge in [0.05, 0.1) is 17.1 Å². The highest BCUT2D eigenvalue weighted by atomic mass is 79.9. The van der Waals surface area contributed by atoms with Crippen molar-refractivity contribution in [3.05, 3.63) is 62.6 Å². The predicted molar refractivity (Wildman–Crippen MR) is 87.4 cm³/mol. The molecule has 0 aromatic heterocycles. The van der Waals surface area contributed by atoms with Crippen molar-refractivity contribution in [3.63, 3.8) is 0 Å². The van der Waals surface area contributed by atoms with Gasteiger partial charge in [0.25, 0.3) is 0 Å². The van der Waals surface area contributed by atoms with Gasteiger partial charge in [-0.25, -0.2) is 0 Å². The highest BCUT2D eigenvalue weighted by Crippen LogP contribution is 2.27. The van der Waals surface area contributed by atoms with E-state index in [2.05, 4.69) is 21.2 Å². The van der Waals surface area contributed by atoms with Gasteiger partial charge in [0.2, 0.25) is 5.91 Å². The molecule has 1 amide bonds. The zero-order valence-corrected chi connectivity index (χ0v) is 13.7. The molecular formula is C16H15BrClNO. The lowest BCUT2D eigenvalue weighted by Crippen LogP contribution is -2.15. The maximum absolute atomic E-state index is 12.1. The van der Waals surface area contributed by atoms with Crippen molar-refractivity contribution in [3.8, 4) is 0 Å². The number of carbonyl (C=O) groups excluding carboxylic acids is 1. The number of carbonyl (C=O) groups is 1. The molecule has 0 aliphatic rings. The van der Waals surface area contributed by atoms with Crippen LogP contribution in [0, 0.1) is 13.8 Å². The van der Waals surface area contributed by atoms with Crippen LogP contribution >= 0.6 is 27.5 Å². The summed E-state index contributed by atoms with van der Waals surface area (Å²) >= 11 is 9.55. The summed E-state index contributed by atoms with van der Waals surface area (Å²) in [7, 11) is 0. The Balaban J connectivity index is 2.10. The molecule has 0 unspecified atom stereocenters. The zero-order chi connectivity index (χ0) is 14.7. The van der Waals surface area contributed by atoms with Gasteiger partial charge >= 0.3 is 0 Å². The number of rotatable bonds is 3. The number of aryl methyl sites for hydroxylation is 2. The molecule has 1 N–H and O–H groups in total. The molecule has 0 aliphatic heterocycles. The van der Waals surface area contributed by atoms with Gasteiger partial charge in [-0.3, -0.25) is 4.79 Å². The number of hydrogen-bond donors (Lipinski definition) is 1. The van der Waals surface area contributed by atoms with E-state index in [1.165, 1.54) is 0 Å². The van der Waals surface area contributed by atoms with Crippen molar-refractivity contribution in [1.29, 1.82) is 0 Å². The second-order valence-corrected chi connectivity index (χ2v) is 6.11. The van der Waals surface area contributed by atoms with Crippen LogP contribution in [0.2, 0.25) is 5.02 Å². The average Bonchev–Trinajstić information content (AvgIpc) is 2.36. The van der Waals surface area contributed by atoms with Crippen molar-refractivity contribution in [2.45, 2.75) is 20.3 Å². The summed E-state index contributed by atoms with van der Waals surface area (Å²) in [6.45, 7) is 3.92. The van der Waals surface area contributed by atoms with Crippen LogP contribution in [0.1, 0.15) is 16.7 Å². The molecule has 0 fully saturated rings. The number of hydrogen-bond acceptors (Lipinski definition) is 1. The van der Waals surface area contributed by atoms with E-state index in [0.29, 0.717) is 17.1 Å². The van der Waals surface area contributed by atoms with Crippen LogP contribution in [-0.4, -0.2) is 5.91 Å². The molecule has 0 saturated carbocycles. The van der Waals surface area contributed by atoms with E-state index in [-0.39, 0.29) is 5.91 Å². The first-order valence-electron chi connectivity index (χ1n) is 6.27. The Morgan fingerprint density at radius 2 is 1.85 bits per heavy atom. The Kier molecular flexibility index (Phi) is 4.84. The summed E-state index contributed by atoms with van der Waals surface area (Å²) in [4.78, 5) is 12.1. The first kappa shape index (κ1) is 15.1. The van der Waals surface area contributed by atoms with Crippen molar-refractivity contribution < 1.29 is 4.79 Å². The van der Waals surface area contributed by atoms with Crippen LogP contribution in [-0.2, 0) is 11.2 Å². The minimum absolute atomic E-state index is 0.0684. The van der Waals surface area contributed by atoms with Gasteiger partial charge < -0.3 is 5.32 Å². The van der Waals surface area contributed by atoms with E-state index in [0.717, 1.165) is 21.2 Å². The summed E-state index contributed by atoms with van der Waals surface area (Å²) in [6.07, 6.45) is 0.330. The third kappa shape index (κ3) is 3.84. The molecular weight excluding hydrogens is 338 g/mol. The number of halogens is 2. The third-order valence-corrected chi connectivity index (χ3v) is 3.80. The Hall–Kier alpha value is -1.32. The molecule has 0 aliphatic carbocycles. The molecule has 4 heteroatoms. The molecule has 0 saturated heterocycles. The van der Waals surface area contributed by atoms with Crippen molar-refractivity contribution in [2.24, 2.45) is 0 Å². The average molecular weight is 353 g/mol. The lowest BCUT2D eigenvalue weighted by molar-refractivity contribution is -0.115. The van der Waals surface area contributed by atoms with E-state index < -0.39 is 0 Å². The van der Waals surface area contributed by atoms with Crippen LogP contribution < -0.4 is 5.32 Å². The van der Waals surface area contributed by atoms with Gasteiger partial charge in [0.1, 0.15) is 0 Å². The van der Waals surface area contributed by atoms with E-state index in [1.807, 2.05) is 50.2 Å². The van der Waals surface area contributed by atoms with Crippen molar-refractivity contribution >= 4 is 39.1 Å². The summed E-state index contributed by atoms with van der Waals surface area (Å²) < 4.78 is 0.999. The third-order valence-electron chi connectivity index (χ3n) is 2.97. The molecule has 0 bridgehead atoms. The second kappa shape index (κ2) is 6.42. The smallest absolute Gasteiger partial charge is 0.228 e. The second-order valence-electron chi connectivity index (χ2n) is 4.79. The van der Waals surface area contributed by atoms with Gasteiger partial charge in [-0.15, -0.1) is 0 Å². The number of benzene rings is 2. The molecule has 0 spiro atoms. The maximum Gasteiger partial charge on any atom is 0.228 e. The Morgan fingerprint density at radius 3 is 2.45 bits per heavy atom. The molecule has 104 valence electrons. The maximum atomic E-state index is 12.1. The summed E-state index contributed by atoms with van der Waals surface area (Å²) in [5, 5.41) is 3.46. The number of amides is 1. The standard InChI is InChI=1S/C16H15BrClNO/c1-10-7-11(2)16(14(18)8-10)19-15(20)9-12-3-5-13(17)6-4-12/h3-8H,9H2,1-2H3,(H,19,20). The fraction of sp³-hybridized carbons (Fsp3) is 0.188. The van der Waals surface area contributed by atoms with Crippen LogP contribution in [0.4, 0.5) is 5.69 Å². The first-order chi connectivity index (χ1) is 9.45. The Labute approximate surface area is 132 Å². The molecule has 0 atom stereocenters. The van der Waals surface area contributed by atoms with E-state index >= 15 is 0 Å². The predicted octanol–water partition coefficient (Wildman–Crippen LogP) is 4.90. The Bertz CT molecular complexity index is 614. The Morgan fingerprint density at radius 1 is 1.20 bits per heavy atom. The van der Waals surface area contributed by atoms with E-state index in [4.69, 9.17) is 11.6 Å². The monoisotopic (exact) mass is 351 g/mol. The fourth-order valence-electron chi connectivity index (χ4n) is 2.05. The van der Waals surface area contributed by atoms with Crippen LogP contribution in [0.5, 0.6) is 0 Å². The summed E-state index contributed by atoms with van der Waals surface area (Å²) in [5.74, 6) is -0.0684. The highest BCUT2D eigenvalue weighted by molar-refractivity contribution is 9.10. The largest absolute Gasteiger partial charge is 0.324 e. The lowest BCUT2D eigenvalue weighted by Gasteiger charge is -2.11. The number of nitrogens with one attached hydrogen (secondary N) is 1. The topological polar surface area (TPSA) is 29.1 Å². The van der Waals surface area contributed by atoms with E-state index in [9.17, 15) is 4.79 Å². The van der Waals surface area contributed by atoms with Crippen LogP contribution in [0.15, 0.2) is 40.9 Å². The van der Waals surface area contributed by atoms with E-state index in [1.54, 1.807) is 0 Å². The molecule has 2 nitrogen and oxygen atoms in total. The fourth-order valence-corrected chi connectivity index (χ4v) is 2.68. The molecule has 0 heterocycles. The van der Waals surface area contributed by atoms with Gasteiger partial charge in [-0.1, -0.05) is 45.7 Å². The molecule has 20 heavy (non-hydrogen) atoms. The van der Waals surface area contributed by atoms with Crippen LogP contribution in [0.3, 0.4) is 0 Å². The molecule has 2 aromatic rings. The van der Waals surface area contributed by atoms with Crippen molar-refractivity contribution in [2.75, 3.05) is 5.32 Å². The lowest BCUT2D eigenvalue weighted by atomic mass is 10.1. The van der Waals surface area contributed by atoms with Gasteiger partial charge in [-0.2, -0.15) is 0 Å². The van der Waals surface area contributed by atoms with Crippen molar-refractivity contribution in [1.82, 2.24) is 0 Å². The van der Waals surface area contributed by atoms with Gasteiger partial charge in [0.15, 0.2) is 0 Å². The summed E-state index contributed by atoms with van der Waals surface area (Å²) in [6, 6.07) is 11.5. The molecule has 0 radical (unpaired) electrons. The van der Waals surface area contributed by atoms with Gasteiger partial charge in [-0.05, 0) is 48.7 Å². The first-order valence-corrected chi connectivity index (χ1v) is 7.44. The minimum Gasteiger partial charge on any atom is -0.324 e. The van der Waals surface area contributed by atoms with Crippen LogP contribution in [0.25, 0.3) is 0 Å². The summed E-state index contributed by atoms with van der Waals surface area (Å²) in [5.41, 5.74) is 3.71.